The van der Waals surface area contributed by atoms with E-state index >= 15 is 4.39 Å². The van der Waals surface area contributed by atoms with Crippen molar-refractivity contribution in [1.82, 2.24) is 19.9 Å². The molecule has 0 saturated carbocycles. The van der Waals surface area contributed by atoms with E-state index in [1.807, 2.05) is 32.9 Å². The SMILES string of the molecule is CCCS(=O)(=O)Nc1cccc(-c2nc(-c3ccc(C4CCN(C(=O)OC(C)(C)C)CC4)cc3)sc2-c2ccnc(Cl)n2)c1F. The van der Waals surface area contributed by atoms with E-state index in [1.54, 1.807) is 30.0 Å². The number of aromatic nitrogens is 3. The number of ether oxygens (including phenoxy) is 1. The average Bonchev–Trinajstić information content (AvgIpc) is 3.43. The molecule has 45 heavy (non-hydrogen) atoms. The number of benzene rings is 2. The van der Waals surface area contributed by atoms with Gasteiger partial charge in [0.05, 0.1) is 27.7 Å². The van der Waals surface area contributed by atoms with Gasteiger partial charge in [0.1, 0.15) is 10.6 Å². The highest BCUT2D eigenvalue weighted by atomic mass is 35.5. The van der Waals surface area contributed by atoms with Crippen molar-refractivity contribution in [2.45, 2.75) is 58.5 Å². The lowest BCUT2D eigenvalue weighted by atomic mass is 9.89. The molecule has 3 heterocycles. The number of nitrogens with zero attached hydrogens (tertiary/aromatic N) is 4. The van der Waals surface area contributed by atoms with E-state index in [2.05, 4.69) is 26.8 Å². The molecule has 4 aromatic rings. The molecule has 1 aliphatic heterocycles. The summed E-state index contributed by atoms with van der Waals surface area (Å²) in [5.74, 6) is -0.554. The zero-order valence-corrected chi connectivity index (χ0v) is 27.9. The Bertz CT molecular complexity index is 1780. The maximum absolute atomic E-state index is 15.9. The van der Waals surface area contributed by atoms with Crippen molar-refractivity contribution in [3.8, 4) is 32.4 Å². The van der Waals surface area contributed by atoms with Crippen molar-refractivity contribution in [2.75, 3.05) is 23.6 Å². The summed E-state index contributed by atoms with van der Waals surface area (Å²) in [5, 5.41) is 0.675. The summed E-state index contributed by atoms with van der Waals surface area (Å²) < 4.78 is 48.6. The fourth-order valence-electron chi connectivity index (χ4n) is 5.16. The molecular formula is C32H35ClFN5O4S2. The van der Waals surface area contributed by atoms with Gasteiger partial charge in [0.25, 0.3) is 0 Å². The number of likely N-dealkylation sites (tertiary alicyclic amines) is 1. The van der Waals surface area contributed by atoms with Crippen LogP contribution in [0, 0.1) is 5.82 Å². The van der Waals surface area contributed by atoms with Gasteiger partial charge in [0.15, 0.2) is 5.82 Å². The van der Waals surface area contributed by atoms with Crippen molar-refractivity contribution in [1.29, 1.82) is 0 Å². The summed E-state index contributed by atoms with van der Waals surface area (Å²) in [6.45, 7) is 8.58. The summed E-state index contributed by atoms with van der Waals surface area (Å²) in [7, 11) is -3.71. The number of carbonyl (C=O) groups excluding carboxylic acids is 1. The highest BCUT2D eigenvalue weighted by Gasteiger charge is 2.28. The van der Waals surface area contributed by atoms with E-state index in [-0.39, 0.29) is 28.4 Å². The van der Waals surface area contributed by atoms with Crippen LogP contribution in [0.5, 0.6) is 0 Å². The maximum atomic E-state index is 15.9. The molecule has 2 aromatic heterocycles. The maximum Gasteiger partial charge on any atom is 0.410 e. The first-order chi connectivity index (χ1) is 21.3. The zero-order chi connectivity index (χ0) is 32.4. The van der Waals surface area contributed by atoms with Crippen LogP contribution in [0.25, 0.3) is 32.4 Å². The molecule has 1 fully saturated rings. The molecule has 0 aliphatic carbocycles. The van der Waals surface area contributed by atoms with E-state index in [4.69, 9.17) is 21.3 Å². The zero-order valence-electron chi connectivity index (χ0n) is 25.5. The molecule has 0 atom stereocenters. The van der Waals surface area contributed by atoms with Crippen molar-refractivity contribution in [3.05, 3.63) is 71.4 Å². The predicted octanol–water partition coefficient (Wildman–Crippen LogP) is 7.99. The average molecular weight is 672 g/mol. The number of hydrogen-bond acceptors (Lipinski definition) is 8. The topological polar surface area (TPSA) is 114 Å². The lowest BCUT2D eigenvalue weighted by molar-refractivity contribution is 0.0205. The van der Waals surface area contributed by atoms with Gasteiger partial charge < -0.3 is 9.64 Å². The highest BCUT2D eigenvalue weighted by Crippen LogP contribution is 2.42. The number of thiazole rings is 1. The van der Waals surface area contributed by atoms with Crippen LogP contribution >= 0.6 is 22.9 Å². The molecule has 1 saturated heterocycles. The molecule has 1 aliphatic rings. The third-order valence-corrected chi connectivity index (χ3v) is 10.0. The van der Waals surface area contributed by atoms with Gasteiger partial charge in [0, 0.05) is 30.4 Å². The molecular weight excluding hydrogens is 637 g/mol. The number of anilines is 1. The predicted molar refractivity (Wildman–Crippen MR) is 176 cm³/mol. The Balaban J connectivity index is 1.43. The van der Waals surface area contributed by atoms with E-state index in [9.17, 15) is 13.2 Å². The van der Waals surface area contributed by atoms with Crippen LogP contribution < -0.4 is 4.72 Å². The van der Waals surface area contributed by atoms with Gasteiger partial charge in [-0.25, -0.2) is 32.6 Å². The number of amides is 1. The van der Waals surface area contributed by atoms with E-state index in [0.717, 1.165) is 18.4 Å². The van der Waals surface area contributed by atoms with Gasteiger partial charge in [-0.1, -0.05) is 37.3 Å². The highest BCUT2D eigenvalue weighted by molar-refractivity contribution is 7.92. The minimum atomic E-state index is -3.71. The molecule has 5 rings (SSSR count). The molecule has 1 N–H and O–H groups in total. The van der Waals surface area contributed by atoms with Crippen molar-refractivity contribution in [2.24, 2.45) is 0 Å². The molecule has 2 aromatic carbocycles. The third kappa shape index (κ3) is 7.98. The monoisotopic (exact) mass is 671 g/mol. The van der Waals surface area contributed by atoms with Gasteiger partial charge in [0.2, 0.25) is 15.3 Å². The summed E-state index contributed by atoms with van der Waals surface area (Å²) in [5.41, 5.74) is 2.25. The van der Waals surface area contributed by atoms with Crippen LogP contribution in [0.2, 0.25) is 5.28 Å². The molecule has 13 heteroatoms. The second-order valence-corrected chi connectivity index (χ2v) is 15.0. The Morgan fingerprint density at radius 3 is 2.47 bits per heavy atom. The minimum absolute atomic E-state index is 0.0389. The van der Waals surface area contributed by atoms with Crippen LogP contribution in [0.15, 0.2) is 54.7 Å². The smallest absolute Gasteiger partial charge is 0.410 e. The Labute approximate surface area is 271 Å². The lowest BCUT2D eigenvalue weighted by Crippen LogP contribution is -2.41. The second-order valence-electron chi connectivity index (χ2n) is 11.9. The fraction of sp³-hybridized carbons (Fsp3) is 0.375. The van der Waals surface area contributed by atoms with Crippen LogP contribution in [0.3, 0.4) is 0 Å². The van der Waals surface area contributed by atoms with Crippen molar-refractivity contribution in [3.63, 3.8) is 0 Å². The standard InChI is InChI=1S/C32H35ClFN5O4S2/c1-5-19-45(41,42)38-24-8-6-7-23(26(24)34)27-28(25-13-16-35-30(33)36-25)44-29(37-27)22-11-9-20(10-12-22)21-14-17-39(18-15-21)31(40)43-32(2,3)4/h6-13,16,21,38H,5,14-15,17-19H2,1-4H3. The first kappa shape index (κ1) is 32.8. The third-order valence-electron chi connectivity index (χ3n) is 7.25. The normalized spacial score (nSPS) is 14.4. The Kier molecular flexibility index (Phi) is 9.76. The van der Waals surface area contributed by atoms with Crippen molar-refractivity contribution >= 4 is 44.7 Å². The number of hydrogen-bond donors (Lipinski definition) is 1. The first-order valence-electron chi connectivity index (χ1n) is 14.7. The summed E-state index contributed by atoms with van der Waals surface area (Å²) in [6.07, 6.45) is 3.29. The van der Waals surface area contributed by atoms with Crippen LogP contribution in [-0.4, -0.2) is 58.8 Å². The van der Waals surface area contributed by atoms with Gasteiger partial charge >= 0.3 is 6.09 Å². The van der Waals surface area contributed by atoms with Gasteiger partial charge in [-0.2, -0.15) is 0 Å². The number of piperidine rings is 1. The molecule has 9 nitrogen and oxygen atoms in total. The number of nitrogens with one attached hydrogen (secondary N) is 1. The molecule has 238 valence electrons. The largest absolute Gasteiger partial charge is 0.444 e. The van der Waals surface area contributed by atoms with E-state index in [0.29, 0.717) is 46.7 Å². The quantitative estimate of drug-likeness (QED) is 0.189. The Hall–Kier alpha value is -3.61. The Morgan fingerprint density at radius 1 is 1.11 bits per heavy atom. The first-order valence-corrected chi connectivity index (χ1v) is 17.6. The van der Waals surface area contributed by atoms with Gasteiger partial charge in [-0.3, -0.25) is 4.72 Å². The Morgan fingerprint density at radius 2 is 1.82 bits per heavy atom. The molecule has 0 radical (unpaired) electrons. The fourth-order valence-corrected chi connectivity index (χ4v) is 7.50. The summed E-state index contributed by atoms with van der Waals surface area (Å²) in [6, 6.07) is 14.3. The summed E-state index contributed by atoms with van der Waals surface area (Å²) in [4.78, 5) is 27.9. The second kappa shape index (κ2) is 13.4. The minimum Gasteiger partial charge on any atom is -0.444 e. The van der Waals surface area contributed by atoms with Crippen molar-refractivity contribution < 1.29 is 22.3 Å². The number of sulfonamides is 1. The van der Waals surface area contributed by atoms with Crippen LogP contribution in [0.4, 0.5) is 14.9 Å². The van der Waals surface area contributed by atoms with Gasteiger partial charge in [-0.05, 0) is 81.3 Å². The van der Waals surface area contributed by atoms with Crippen LogP contribution in [0.1, 0.15) is 58.4 Å². The molecule has 1 amide bonds. The number of rotatable bonds is 8. The van der Waals surface area contributed by atoms with Gasteiger partial charge in [-0.15, -0.1) is 11.3 Å². The molecule has 0 spiro atoms. The number of carbonyl (C=O) groups is 1. The lowest BCUT2D eigenvalue weighted by Gasteiger charge is -2.33. The van der Waals surface area contributed by atoms with E-state index in [1.165, 1.54) is 29.2 Å². The molecule has 0 unspecified atom stereocenters. The summed E-state index contributed by atoms with van der Waals surface area (Å²) >= 11 is 7.43. The molecule has 0 bridgehead atoms. The van der Waals surface area contributed by atoms with E-state index < -0.39 is 21.4 Å². The van der Waals surface area contributed by atoms with Crippen LogP contribution in [-0.2, 0) is 14.8 Å². The number of halogens is 2.